The molecule has 0 aliphatic carbocycles. The first-order chi connectivity index (χ1) is 14.9. The number of hydrogen-bond acceptors (Lipinski definition) is 5. The lowest BCUT2D eigenvalue weighted by Gasteiger charge is -2.51. The van der Waals surface area contributed by atoms with Gasteiger partial charge in [0.1, 0.15) is 12.6 Å². The molecule has 9 heteroatoms. The fraction of sp³-hybridized carbons (Fsp3) is 0.609. The minimum atomic E-state index is -1.12. The van der Waals surface area contributed by atoms with Crippen LogP contribution in [0.1, 0.15) is 46.6 Å². The molecule has 1 aromatic carbocycles. The van der Waals surface area contributed by atoms with Crippen molar-refractivity contribution in [3.8, 4) is 0 Å². The zero-order valence-electron chi connectivity index (χ0n) is 19.4. The minimum Gasteiger partial charge on any atom is -0.465 e. The van der Waals surface area contributed by atoms with E-state index in [1.165, 1.54) is 0 Å². The molecule has 1 aliphatic rings. The van der Waals surface area contributed by atoms with Gasteiger partial charge in [0.05, 0.1) is 12.2 Å². The second-order valence-corrected chi connectivity index (χ2v) is 9.55. The summed E-state index contributed by atoms with van der Waals surface area (Å²) in [5.74, 6) is -0.942. The van der Waals surface area contributed by atoms with Gasteiger partial charge in [0, 0.05) is 23.5 Å². The number of nitrogens with one attached hydrogen (secondary N) is 2. The summed E-state index contributed by atoms with van der Waals surface area (Å²) in [6, 6.07) is 5.74. The second kappa shape index (κ2) is 10.5. The van der Waals surface area contributed by atoms with E-state index in [1.807, 2.05) is 39.8 Å². The quantitative estimate of drug-likeness (QED) is 0.534. The zero-order chi connectivity index (χ0) is 24.1. The molecule has 0 bridgehead atoms. The van der Waals surface area contributed by atoms with Crippen molar-refractivity contribution in [2.45, 2.75) is 52.7 Å². The largest absolute Gasteiger partial charge is 0.465 e. The summed E-state index contributed by atoms with van der Waals surface area (Å²) in [6.07, 6.45) is 0.354. The van der Waals surface area contributed by atoms with Gasteiger partial charge in [-0.1, -0.05) is 51.4 Å². The van der Waals surface area contributed by atoms with Gasteiger partial charge >= 0.3 is 12.0 Å². The molecule has 3 amide bonds. The first-order valence-corrected chi connectivity index (χ1v) is 11.3. The molecule has 0 aromatic heterocycles. The molecule has 178 valence electrons. The Hall–Kier alpha value is -2.32. The standard InChI is InChI=1S/C23H34ClN3O5/c1-6-32-18(28)13-25-21(30)26-19(15(2)3)20(29)27-12-11-23(31,22(4,5)14-27)16-7-9-17(24)10-8-16/h7-10,15,19,31H,6,11-14H2,1-5H3,(H2,25,26,30)/t19-,23+/m1/s1. The zero-order valence-corrected chi connectivity index (χ0v) is 20.2. The van der Waals surface area contributed by atoms with E-state index >= 15 is 0 Å². The number of halogens is 1. The highest BCUT2D eigenvalue weighted by atomic mass is 35.5. The molecule has 1 heterocycles. The Balaban J connectivity index is 2.08. The number of esters is 1. The van der Waals surface area contributed by atoms with Crippen LogP contribution in [-0.2, 0) is 19.9 Å². The molecule has 1 saturated heterocycles. The molecule has 1 aromatic rings. The van der Waals surface area contributed by atoms with Gasteiger partial charge in [-0.05, 0) is 37.0 Å². The summed E-state index contributed by atoms with van der Waals surface area (Å²) in [5.41, 5.74) is -0.995. The van der Waals surface area contributed by atoms with E-state index in [4.69, 9.17) is 16.3 Å². The Bertz CT molecular complexity index is 827. The highest BCUT2D eigenvalue weighted by molar-refractivity contribution is 6.30. The van der Waals surface area contributed by atoms with Crippen molar-refractivity contribution < 1.29 is 24.2 Å². The Kier molecular flexibility index (Phi) is 8.54. The van der Waals surface area contributed by atoms with Crippen molar-refractivity contribution >= 4 is 29.5 Å². The fourth-order valence-electron chi connectivity index (χ4n) is 4.04. The highest BCUT2D eigenvalue weighted by Crippen LogP contribution is 2.46. The molecular formula is C23H34ClN3O5. The first kappa shape index (κ1) is 25.9. The van der Waals surface area contributed by atoms with Gasteiger partial charge in [0.15, 0.2) is 0 Å². The van der Waals surface area contributed by atoms with E-state index in [1.54, 1.807) is 24.0 Å². The lowest BCUT2D eigenvalue weighted by Crippen LogP contribution is -2.61. The van der Waals surface area contributed by atoms with Crippen molar-refractivity contribution in [3.05, 3.63) is 34.9 Å². The number of benzene rings is 1. The van der Waals surface area contributed by atoms with Crippen LogP contribution in [0.3, 0.4) is 0 Å². The summed E-state index contributed by atoms with van der Waals surface area (Å²) in [6.45, 7) is 9.82. The van der Waals surface area contributed by atoms with Gasteiger partial charge in [-0.25, -0.2) is 4.79 Å². The van der Waals surface area contributed by atoms with Gasteiger partial charge in [-0.15, -0.1) is 0 Å². The van der Waals surface area contributed by atoms with Crippen LogP contribution in [0.4, 0.5) is 4.79 Å². The number of urea groups is 1. The smallest absolute Gasteiger partial charge is 0.325 e. The highest BCUT2D eigenvalue weighted by Gasteiger charge is 2.50. The van der Waals surface area contributed by atoms with Crippen molar-refractivity contribution in [1.29, 1.82) is 0 Å². The minimum absolute atomic E-state index is 0.170. The van der Waals surface area contributed by atoms with Crippen LogP contribution in [-0.4, -0.2) is 60.2 Å². The molecule has 2 rings (SSSR count). The SMILES string of the molecule is CCOC(=O)CNC(=O)N[C@@H](C(=O)N1CC[C@](O)(c2ccc(Cl)cc2)C(C)(C)C1)C(C)C. The maximum absolute atomic E-state index is 13.3. The van der Waals surface area contributed by atoms with E-state index in [0.29, 0.717) is 24.5 Å². The van der Waals surface area contributed by atoms with Crippen LogP contribution in [0, 0.1) is 11.3 Å². The molecule has 3 N–H and O–H groups in total. The summed E-state index contributed by atoms with van der Waals surface area (Å²) in [5, 5.41) is 17.2. The Morgan fingerprint density at radius 3 is 2.38 bits per heavy atom. The van der Waals surface area contributed by atoms with E-state index < -0.39 is 29.1 Å². The van der Waals surface area contributed by atoms with Crippen molar-refractivity contribution in [2.24, 2.45) is 11.3 Å². The second-order valence-electron chi connectivity index (χ2n) is 9.11. The Morgan fingerprint density at radius 2 is 1.84 bits per heavy atom. The van der Waals surface area contributed by atoms with Gasteiger partial charge < -0.3 is 25.4 Å². The number of piperidine rings is 1. The van der Waals surface area contributed by atoms with E-state index in [-0.39, 0.29) is 25.0 Å². The number of amides is 3. The molecule has 1 fully saturated rings. The summed E-state index contributed by atoms with van der Waals surface area (Å²) in [4.78, 5) is 38.7. The number of hydrogen-bond donors (Lipinski definition) is 3. The molecule has 0 unspecified atom stereocenters. The van der Waals surface area contributed by atoms with Crippen LogP contribution < -0.4 is 10.6 Å². The van der Waals surface area contributed by atoms with Crippen molar-refractivity contribution in [2.75, 3.05) is 26.2 Å². The molecule has 2 atom stereocenters. The van der Waals surface area contributed by atoms with Crippen molar-refractivity contribution in [3.63, 3.8) is 0 Å². The van der Waals surface area contributed by atoms with E-state index in [9.17, 15) is 19.5 Å². The number of carbonyl (C=O) groups is 3. The summed E-state index contributed by atoms with van der Waals surface area (Å²) in [7, 11) is 0. The van der Waals surface area contributed by atoms with Gasteiger partial charge in [-0.3, -0.25) is 9.59 Å². The number of rotatable bonds is 7. The van der Waals surface area contributed by atoms with Crippen LogP contribution >= 0.6 is 11.6 Å². The normalized spacial score (nSPS) is 21.1. The third-order valence-electron chi connectivity index (χ3n) is 6.00. The molecule has 0 spiro atoms. The van der Waals surface area contributed by atoms with Crippen LogP contribution in [0.5, 0.6) is 0 Å². The molecule has 32 heavy (non-hydrogen) atoms. The molecule has 0 radical (unpaired) electrons. The number of likely N-dealkylation sites (tertiary alicyclic amines) is 1. The Morgan fingerprint density at radius 1 is 1.22 bits per heavy atom. The monoisotopic (exact) mass is 467 g/mol. The number of nitrogens with zero attached hydrogens (tertiary/aromatic N) is 1. The van der Waals surface area contributed by atoms with E-state index in [2.05, 4.69) is 10.6 Å². The lowest BCUT2D eigenvalue weighted by atomic mass is 9.66. The van der Waals surface area contributed by atoms with Crippen LogP contribution in [0.25, 0.3) is 0 Å². The van der Waals surface area contributed by atoms with Gasteiger partial charge in [0.25, 0.3) is 0 Å². The molecule has 8 nitrogen and oxygen atoms in total. The van der Waals surface area contributed by atoms with Gasteiger partial charge in [-0.2, -0.15) is 0 Å². The third-order valence-corrected chi connectivity index (χ3v) is 6.25. The lowest BCUT2D eigenvalue weighted by molar-refractivity contribution is -0.155. The molecular weight excluding hydrogens is 434 g/mol. The van der Waals surface area contributed by atoms with Crippen LogP contribution in [0.15, 0.2) is 24.3 Å². The van der Waals surface area contributed by atoms with Gasteiger partial charge in [0.2, 0.25) is 5.91 Å². The molecule has 1 aliphatic heterocycles. The number of ether oxygens (including phenoxy) is 1. The summed E-state index contributed by atoms with van der Waals surface area (Å²) >= 11 is 5.99. The number of carbonyl (C=O) groups excluding carboxylic acids is 3. The Labute approximate surface area is 194 Å². The maximum atomic E-state index is 13.3. The maximum Gasteiger partial charge on any atom is 0.325 e. The van der Waals surface area contributed by atoms with Crippen LogP contribution in [0.2, 0.25) is 5.02 Å². The summed E-state index contributed by atoms with van der Waals surface area (Å²) < 4.78 is 4.79. The van der Waals surface area contributed by atoms with Crippen molar-refractivity contribution in [1.82, 2.24) is 15.5 Å². The average Bonchev–Trinajstić information content (AvgIpc) is 2.72. The third kappa shape index (κ3) is 5.92. The topological polar surface area (TPSA) is 108 Å². The molecule has 0 saturated carbocycles. The average molecular weight is 468 g/mol. The number of aliphatic hydroxyl groups is 1. The predicted molar refractivity (Wildman–Crippen MR) is 122 cm³/mol. The first-order valence-electron chi connectivity index (χ1n) is 10.9. The van der Waals surface area contributed by atoms with E-state index in [0.717, 1.165) is 5.56 Å². The predicted octanol–water partition coefficient (Wildman–Crippen LogP) is 2.67. The fourth-order valence-corrected chi connectivity index (χ4v) is 4.16.